The first-order valence-corrected chi connectivity index (χ1v) is 11.7. The van der Waals surface area contributed by atoms with Gasteiger partial charge in [-0.1, -0.05) is 38.5 Å². The molecule has 3 rings (SSSR count). The third-order valence-electron chi connectivity index (χ3n) is 6.00. The zero-order valence-electron chi connectivity index (χ0n) is 17.9. The average molecular weight is 521 g/mol. The number of thioether (sulfide) groups is 1. The van der Waals surface area contributed by atoms with E-state index in [0.29, 0.717) is 11.3 Å². The summed E-state index contributed by atoms with van der Waals surface area (Å²) in [5.74, 6) is 2.78. The van der Waals surface area contributed by atoms with Gasteiger partial charge in [-0.05, 0) is 43.3 Å². The molecule has 1 aliphatic carbocycles. The summed E-state index contributed by atoms with van der Waals surface area (Å²) >= 11 is 1.68. The van der Waals surface area contributed by atoms with Crippen molar-refractivity contribution in [3.63, 3.8) is 0 Å². The van der Waals surface area contributed by atoms with E-state index in [1.54, 1.807) is 11.8 Å². The Morgan fingerprint density at radius 3 is 2.64 bits per heavy atom. The van der Waals surface area contributed by atoms with E-state index in [2.05, 4.69) is 50.1 Å². The van der Waals surface area contributed by atoms with Crippen LogP contribution in [0.2, 0.25) is 0 Å². The normalized spacial score (nSPS) is 18.9. The number of nitrogens with one attached hydrogen (secondary N) is 1. The van der Waals surface area contributed by atoms with Gasteiger partial charge in [-0.3, -0.25) is 4.99 Å². The van der Waals surface area contributed by atoms with Gasteiger partial charge >= 0.3 is 0 Å². The number of aliphatic imine (C=N–C) groups is 1. The summed E-state index contributed by atoms with van der Waals surface area (Å²) in [7, 11) is 1.91. The lowest BCUT2D eigenvalue weighted by atomic mass is 9.86. The summed E-state index contributed by atoms with van der Waals surface area (Å²) in [4.78, 5) is 7.01. The van der Waals surface area contributed by atoms with E-state index in [1.807, 2.05) is 7.05 Å². The molecule has 1 aliphatic heterocycles. The number of rotatable bonds is 7. The lowest BCUT2D eigenvalue weighted by Gasteiger charge is -2.25. The summed E-state index contributed by atoms with van der Waals surface area (Å²) in [5, 5.41) is 13.4. The Bertz CT molecular complexity index is 639. The van der Waals surface area contributed by atoms with Crippen molar-refractivity contribution in [1.29, 1.82) is 0 Å². The number of likely N-dealkylation sites (tertiary alicyclic amines) is 1. The molecule has 0 amide bonds. The van der Waals surface area contributed by atoms with Crippen molar-refractivity contribution in [1.82, 2.24) is 25.0 Å². The quantitative estimate of drug-likeness (QED) is 0.193. The standard InChI is InChI=1S/C20H36N6S.HI/c1-16(2)14-26-17(23-24-19(26)27-4)8-7-12-22-18(21-3)25-13-11-20(15-25)9-5-6-10-20;/h16H,5-15H2,1-4H3,(H,21,22);1H. The van der Waals surface area contributed by atoms with Crippen molar-refractivity contribution in [2.24, 2.45) is 16.3 Å². The molecule has 1 aromatic rings. The Labute approximate surface area is 191 Å². The van der Waals surface area contributed by atoms with Crippen molar-refractivity contribution in [3.05, 3.63) is 5.82 Å². The van der Waals surface area contributed by atoms with Crippen LogP contribution in [0.1, 0.15) is 58.2 Å². The van der Waals surface area contributed by atoms with Crippen molar-refractivity contribution < 1.29 is 0 Å². The molecule has 28 heavy (non-hydrogen) atoms. The molecule has 1 spiro atoms. The Kier molecular flexibility index (Phi) is 9.37. The number of halogens is 1. The fraction of sp³-hybridized carbons (Fsp3) is 0.850. The third kappa shape index (κ3) is 5.77. The van der Waals surface area contributed by atoms with Gasteiger partial charge in [-0.25, -0.2) is 0 Å². The van der Waals surface area contributed by atoms with Crippen LogP contribution in [0.4, 0.5) is 0 Å². The molecule has 1 saturated heterocycles. The topological polar surface area (TPSA) is 58.3 Å². The van der Waals surface area contributed by atoms with Gasteiger partial charge in [-0.2, -0.15) is 0 Å². The van der Waals surface area contributed by atoms with E-state index in [-0.39, 0.29) is 24.0 Å². The fourth-order valence-corrected chi connectivity index (χ4v) is 5.15. The van der Waals surface area contributed by atoms with E-state index in [0.717, 1.165) is 49.4 Å². The highest BCUT2D eigenvalue weighted by Crippen LogP contribution is 2.45. The van der Waals surface area contributed by atoms with E-state index < -0.39 is 0 Å². The second-order valence-corrected chi connectivity index (χ2v) is 9.34. The van der Waals surface area contributed by atoms with Gasteiger partial charge in [0.2, 0.25) is 0 Å². The molecule has 0 unspecified atom stereocenters. The van der Waals surface area contributed by atoms with Crippen LogP contribution in [0.3, 0.4) is 0 Å². The Balaban J connectivity index is 0.00000280. The smallest absolute Gasteiger partial charge is 0.193 e. The first-order chi connectivity index (χ1) is 13.1. The zero-order chi connectivity index (χ0) is 19.3. The molecule has 2 fully saturated rings. The minimum atomic E-state index is 0. The number of aromatic nitrogens is 3. The first-order valence-electron chi connectivity index (χ1n) is 10.5. The number of aryl methyl sites for hydroxylation is 1. The molecule has 2 heterocycles. The van der Waals surface area contributed by atoms with Crippen LogP contribution in [0.25, 0.3) is 0 Å². The molecule has 6 nitrogen and oxygen atoms in total. The van der Waals surface area contributed by atoms with Crippen molar-refractivity contribution in [2.75, 3.05) is 32.9 Å². The highest BCUT2D eigenvalue weighted by atomic mass is 127. The monoisotopic (exact) mass is 520 g/mol. The van der Waals surface area contributed by atoms with Crippen LogP contribution in [0.15, 0.2) is 10.1 Å². The minimum Gasteiger partial charge on any atom is -0.356 e. The second-order valence-electron chi connectivity index (χ2n) is 8.56. The molecule has 0 atom stereocenters. The average Bonchev–Trinajstić information content (AvgIpc) is 3.37. The van der Waals surface area contributed by atoms with E-state index in [1.165, 1.54) is 38.6 Å². The van der Waals surface area contributed by atoms with Crippen LogP contribution >= 0.6 is 35.7 Å². The SMILES string of the molecule is CN=C(NCCCc1nnc(SC)n1CC(C)C)N1CCC2(CCCC2)C1.I. The molecule has 8 heteroatoms. The molecule has 2 aliphatic rings. The Morgan fingerprint density at radius 1 is 1.25 bits per heavy atom. The van der Waals surface area contributed by atoms with E-state index in [4.69, 9.17) is 0 Å². The van der Waals surface area contributed by atoms with Crippen molar-refractivity contribution in [2.45, 2.75) is 70.5 Å². The molecule has 0 aromatic carbocycles. The number of hydrogen-bond acceptors (Lipinski definition) is 4. The highest BCUT2D eigenvalue weighted by molar-refractivity contribution is 14.0. The number of nitrogens with zero attached hydrogens (tertiary/aromatic N) is 5. The predicted octanol–water partition coefficient (Wildman–Crippen LogP) is 4.05. The highest BCUT2D eigenvalue weighted by Gasteiger charge is 2.40. The number of guanidine groups is 1. The van der Waals surface area contributed by atoms with Gasteiger partial charge in [0.25, 0.3) is 0 Å². The van der Waals surface area contributed by atoms with E-state index >= 15 is 0 Å². The minimum absolute atomic E-state index is 0. The van der Waals surface area contributed by atoms with Gasteiger partial charge in [0, 0.05) is 39.6 Å². The van der Waals surface area contributed by atoms with Gasteiger partial charge < -0.3 is 14.8 Å². The molecule has 0 bridgehead atoms. The van der Waals surface area contributed by atoms with Gasteiger partial charge in [0.15, 0.2) is 11.1 Å². The van der Waals surface area contributed by atoms with Crippen LogP contribution in [0, 0.1) is 11.3 Å². The molecular weight excluding hydrogens is 483 g/mol. The van der Waals surface area contributed by atoms with Gasteiger partial charge in [-0.15, -0.1) is 34.2 Å². The first kappa shape index (κ1) is 23.8. The Morgan fingerprint density at radius 2 is 2.00 bits per heavy atom. The lowest BCUT2D eigenvalue weighted by Crippen LogP contribution is -2.41. The molecule has 160 valence electrons. The molecule has 1 N–H and O–H groups in total. The van der Waals surface area contributed by atoms with Crippen LogP contribution in [-0.2, 0) is 13.0 Å². The lowest BCUT2D eigenvalue weighted by molar-refractivity contribution is 0.309. The summed E-state index contributed by atoms with van der Waals surface area (Å²) in [6.07, 6.45) is 11.0. The van der Waals surface area contributed by atoms with E-state index in [9.17, 15) is 0 Å². The van der Waals surface area contributed by atoms with Crippen molar-refractivity contribution in [3.8, 4) is 0 Å². The van der Waals surface area contributed by atoms with Crippen LogP contribution < -0.4 is 5.32 Å². The van der Waals surface area contributed by atoms with Crippen molar-refractivity contribution >= 4 is 41.7 Å². The van der Waals surface area contributed by atoms with Gasteiger partial charge in [0.1, 0.15) is 5.82 Å². The maximum atomic E-state index is 4.54. The molecule has 0 radical (unpaired) electrons. The summed E-state index contributed by atoms with van der Waals surface area (Å²) in [6.45, 7) is 8.74. The molecular formula is C20H37IN6S. The predicted molar refractivity (Wildman–Crippen MR) is 129 cm³/mol. The zero-order valence-corrected chi connectivity index (χ0v) is 21.1. The van der Waals surface area contributed by atoms with Crippen LogP contribution in [-0.4, -0.2) is 58.6 Å². The fourth-order valence-electron chi connectivity index (χ4n) is 4.63. The molecule has 1 saturated carbocycles. The second kappa shape index (κ2) is 11.0. The maximum Gasteiger partial charge on any atom is 0.193 e. The third-order valence-corrected chi connectivity index (χ3v) is 6.67. The molecule has 1 aromatic heterocycles. The number of hydrogen-bond donors (Lipinski definition) is 1. The van der Waals surface area contributed by atoms with Gasteiger partial charge in [0.05, 0.1) is 0 Å². The maximum absolute atomic E-state index is 4.54. The largest absolute Gasteiger partial charge is 0.356 e. The van der Waals surface area contributed by atoms with Crippen LogP contribution in [0.5, 0.6) is 0 Å². The summed E-state index contributed by atoms with van der Waals surface area (Å²) in [6, 6.07) is 0. The summed E-state index contributed by atoms with van der Waals surface area (Å²) < 4.78 is 2.29. The summed E-state index contributed by atoms with van der Waals surface area (Å²) in [5.41, 5.74) is 0.582. The Hall–Kier alpha value is -0.510.